The summed E-state index contributed by atoms with van der Waals surface area (Å²) in [4.78, 5) is 15.8. The van der Waals surface area contributed by atoms with E-state index in [1.165, 1.54) is 0 Å². The molecule has 0 spiro atoms. The second kappa shape index (κ2) is 5.75. The minimum absolute atomic E-state index is 0.0814. The molecule has 0 aromatic carbocycles. The van der Waals surface area contributed by atoms with E-state index in [1.807, 2.05) is 19.1 Å². The molecule has 19 heavy (non-hydrogen) atoms. The summed E-state index contributed by atoms with van der Waals surface area (Å²) in [6.07, 6.45) is 3.06. The zero-order valence-corrected chi connectivity index (χ0v) is 11.6. The highest BCUT2D eigenvalue weighted by molar-refractivity contribution is 5.77. The van der Waals surface area contributed by atoms with Gasteiger partial charge in [-0.2, -0.15) is 0 Å². The summed E-state index contributed by atoms with van der Waals surface area (Å²) >= 11 is 0. The predicted molar refractivity (Wildman–Crippen MR) is 71.5 cm³/mol. The molecule has 1 saturated heterocycles. The summed E-state index contributed by atoms with van der Waals surface area (Å²) < 4.78 is 5.23. The van der Waals surface area contributed by atoms with Gasteiger partial charge in [-0.05, 0) is 31.9 Å². The second-order valence-corrected chi connectivity index (χ2v) is 5.60. The number of carbonyl (C=O) groups excluding carboxylic acids is 1. The van der Waals surface area contributed by atoms with Gasteiger partial charge in [-0.3, -0.25) is 9.69 Å². The van der Waals surface area contributed by atoms with Gasteiger partial charge in [0.15, 0.2) is 0 Å². The van der Waals surface area contributed by atoms with Crippen LogP contribution < -0.4 is 0 Å². The topological polar surface area (TPSA) is 56.9 Å². The van der Waals surface area contributed by atoms with Crippen LogP contribution in [0.3, 0.4) is 0 Å². The lowest BCUT2D eigenvalue weighted by Gasteiger charge is -2.35. The molecule has 1 N–H and O–H groups in total. The number of carbonyl (C=O) groups is 1. The maximum absolute atomic E-state index is 12.1. The van der Waals surface area contributed by atoms with Crippen molar-refractivity contribution in [3.05, 3.63) is 24.2 Å². The fourth-order valence-electron chi connectivity index (χ4n) is 2.23. The first kappa shape index (κ1) is 14.1. The van der Waals surface area contributed by atoms with E-state index >= 15 is 0 Å². The van der Waals surface area contributed by atoms with Gasteiger partial charge in [-0.25, -0.2) is 0 Å². The number of likely N-dealkylation sites (N-methyl/N-ethyl adjacent to an activating group) is 1. The minimum Gasteiger partial charge on any atom is -0.467 e. The molecule has 0 unspecified atom stereocenters. The molecule has 1 aromatic rings. The lowest BCUT2D eigenvalue weighted by molar-refractivity contribution is -0.133. The van der Waals surface area contributed by atoms with Crippen molar-refractivity contribution in [1.29, 1.82) is 0 Å². The van der Waals surface area contributed by atoms with Crippen LogP contribution in [0.25, 0.3) is 0 Å². The Balaban J connectivity index is 1.78. The fourth-order valence-corrected chi connectivity index (χ4v) is 2.23. The van der Waals surface area contributed by atoms with Crippen LogP contribution in [-0.2, 0) is 11.3 Å². The number of hydrogen-bond donors (Lipinski definition) is 1. The lowest BCUT2D eigenvalue weighted by Crippen LogP contribution is -2.46. The molecule has 2 heterocycles. The monoisotopic (exact) mass is 266 g/mol. The number of furan rings is 1. The molecular formula is C14H22N2O3. The molecular weight excluding hydrogens is 244 g/mol. The number of hydrogen-bond acceptors (Lipinski definition) is 4. The molecule has 1 fully saturated rings. The van der Waals surface area contributed by atoms with Gasteiger partial charge in [0.05, 0.1) is 25.0 Å². The van der Waals surface area contributed by atoms with E-state index in [-0.39, 0.29) is 5.91 Å². The quantitative estimate of drug-likeness (QED) is 0.886. The van der Waals surface area contributed by atoms with Crippen molar-refractivity contribution in [2.75, 3.05) is 26.7 Å². The maximum Gasteiger partial charge on any atom is 0.236 e. The van der Waals surface area contributed by atoms with E-state index in [2.05, 4.69) is 4.90 Å². The number of rotatable bonds is 4. The normalized spacial score (nSPS) is 19.3. The van der Waals surface area contributed by atoms with Gasteiger partial charge < -0.3 is 14.4 Å². The van der Waals surface area contributed by atoms with Crippen LogP contribution >= 0.6 is 0 Å². The average molecular weight is 266 g/mol. The van der Waals surface area contributed by atoms with Crippen LogP contribution in [0.15, 0.2) is 22.8 Å². The predicted octanol–water partition coefficient (Wildman–Crippen LogP) is 1.08. The number of amides is 1. The Morgan fingerprint density at radius 2 is 2.21 bits per heavy atom. The van der Waals surface area contributed by atoms with Crippen molar-refractivity contribution in [2.45, 2.75) is 31.9 Å². The van der Waals surface area contributed by atoms with Gasteiger partial charge in [0.25, 0.3) is 0 Å². The smallest absolute Gasteiger partial charge is 0.236 e. The fraction of sp³-hybridized carbons (Fsp3) is 0.643. The number of likely N-dealkylation sites (tertiary alicyclic amines) is 1. The van der Waals surface area contributed by atoms with Crippen LogP contribution in [0.5, 0.6) is 0 Å². The van der Waals surface area contributed by atoms with Crippen LogP contribution in [-0.4, -0.2) is 53.1 Å². The molecule has 1 aromatic heterocycles. The largest absolute Gasteiger partial charge is 0.467 e. The summed E-state index contributed by atoms with van der Waals surface area (Å²) in [7, 11) is 1.78. The van der Waals surface area contributed by atoms with Crippen LogP contribution in [0.1, 0.15) is 25.5 Å². The second-order valence-electron chi connectivity index (χ2n) is 5.60. The highest BCUT2D eigenvalue weighted by Gasteiger charge is 2.28. The molecule has 0 aliphatic carbocycles. The van der Waals surface area contributed by atoms with E-state index in [4.69, 9.17) is 4.42 Å². The van der Waals surface area contributed by atoms with Crippen molar-refractivity contribution in [1.82, 2.24) is 9.80 Å². The molecule has 2 rings (SSSR count). The SMILES string of the molecule is CN(Cc1ccco1)C(=O)CN1CCC(C)(O)CC1. The summed E-state index contributed by atoms with van der Waals surface area (Å²) in [6, 6.07) is 3.68. The first-order valence-corrected chi connectivity index (χ1v) is 6.67. The summed E-state index contributed by atoms with van der Waals surface area (Å²) in [6.45, 7) is 4.31. The molecule has 1 aliphatic heterocycles. The van der Waals surface area contributed by atoms with Crippen molar-refractivity contribution in [3.8, 4) is 0 Å². The van der Waals surface area contributed by atoms with E-state index < -0.39 is 5.60 Å². The number of nitrogens with zero attached hydrogens (tertiary/aromatic N) is 2. The summed E-state index contributed by atoms with van der Waals surface area (Å²) in [5, 5.41) is 9.87. The molecule has 1 aliphatic rings. The van der Waals surface area contributed by atoms with Gasteiger partial charge in [0.2, 0.25) is 5.91 Å². The van der Waals surface area contributed by atoms with Gasteiger partial charge in [0, 0.05) is 20.1 Å². The van der Waals surface area contributed by atoms with Crippen molar-refractivity contribution in [3.63, 3.8) is 0 Å². The maximum atomic E-state index is 12.1. The Hall–Kier alpha value is -1.33. The number of aliphatic hydroxyl groups is 1. The first-order valence-electron chi connectivity index (χ1n) is 6.67. The van der Waals surface area contributed by atoms with Gasteiger partial charge in [-0.15, -0.1) is 0 Å². The highest BCUT2D eigenvalue weighted by Crippen LogP contribution is 2.20. The Bertz CT molecular complexity index is 404. The van der Waals surface area contributed by atoms with Crippen LogP contribution in [0, 0.1) is 0 Å². The Morgan fingerprint density at radius 3 is 2.79 bits per heavy atom. The zero-order chi connectivity index (χ0) is 13.9. The van der Waals surface area contributed by atoms with Gasteiger partial charge in [0.1, 0.15) is 5.76 Å². The molecule has 0 bridgehead atoms. The molecule has 5 heteroatoms. The molecule has 5 nitrogen and oxygen atoms in total. The summed E-state index contributed by atoms with van der Waals surface area (Å²) in [5.41, 5.74) is -0.570. The lowest BCUT2D eigenvalue weighted by atomic mass is 9.94. The first-order chi connectivity index (χ1) is 8.96. The molecule has 0 saturated carbocycles. The van der Waals surface area contributed by atoms with Crippen molar-refractivity contribution < 1.29 is 14.3 Å². The molecule has 0 radical (unpaired) electrons. The minimum atomic E-state index is -0.570. The van der Waals surface area contributed by atoms with Crippen LogP contribution in [0.2, 0.25) is 0 Å². The van der Waals surface area contributed by atoms with Gasteiger partial charge >= 0.3 is 0 Å². The van der Waals surface area contributed by atoms with E-state index in [0.29, 0.717) is 13.1 Å². The standard InChI is InChI=1S/C14H22N2O3/c1-14(18)5-7-16(8-6-14)11-13(17)15(2)10-12-4-3-9-19-12/h3-4,9,18H,5-8,10-11H2,1-2H3. The number of piperidine rings is 1. The molecule has 106 valence electrons. The van der Waals surface area contributed by atoms with Crippen molar-refractivity contribution in [2.24, 2.45) is 0 Å². The average Bonchev–Trinajstić information content (AvgIpc) is 2.84. The third-order valence-corrected chi connectivity index (χ3v) is 3.69. The third-order valence-electron chi connectivity index (χ3n) is 3.69. The zero-order valence-electron chi connectivity index (χ0n) is 11.6. The Morgan fingerprint density at radius 1 is 1.53 bits per heavy atom. The molecule has 0 atom stereocenters. The third kappa shape index (κ3) is 4.08. The van der Waals surface area contributed by atoms with E-state index in [1.54, 1.807) is 18.2 Å². The summed E-state index contributed by atoms with van der Waals surface area (Å²) in [5.74, 6) is 0.871. The highest BCUT2D eigenvalue weighted by atomic mass is 16.3. The Labute approximate surface area is 113 Å². The van der Waals surface area contributed by atoms with Gasteiger partial charge in [-0.1, -0.05) is 0 Å². The van der Waals surface area contributed by atoms with Crippen LogP contribution in [0.4, 0.5) is 0 Å². The van der Waals surface area contributed by atoms with E-state index in [0.717, 1.165) is 31.7 Å². The molecule has 1 amide bonds. The van der Waals surface area contributed by atoms with Crippen molar-refractivity contribution >= 4 is 5.91 Å². The Kier molecular flexibility index (Phi) is 4.27. The van der Waals surface area contributed by atoms with E-state index in [9.17, 15) is 9.90 Å².